The summed E-state index contributed by atoms with van der Waals surface area (Å²) in [6, 6.07) is 6.28. The van der Waals surface area contributed by atoms with Crippen LogP contribution in [0.2, 0.25) is 0 Å². The smallest absolute Gasteiger partial charge is 0.193 e. The van der Waals surface area contributed by atoms with Crippen LogP contribution in [0.1, 0.15) is 30.4 Å². The van der Waals surface area contributed by atoms with E-state index in [-0.39, 0.29) is 24.0 Å². The molecule has 0 radical (unpaired) electrons. The van der Waals surface area contributed by atoms with Crippen molar-refractivity contribution < 1.29 is 9.47 Å². The Bertz CT molecular complexity index is 545. The highest BCUT2D eigenvalue weighted by molar-refractivity contribution is 14.0. The lowest BCUT2D eigenvalue weighted by Gasteiger charge is -2.27. The first-order chi connectivity index (χ1) is 11.6. The van der Waals surface area contributed by atoms with Gasteiger partial charge >= 0.3 is 0 Å². The fourth-order valence-electron chi connectivity index (χ4n) is 3.13. The van der Waals surface area contributed by atoms with Crippen molar-refractivity contribution in [3.8, 4) is 5.75 Å². The van der Waals surface area contributed by atoms with E-state index in [0.717, 1.165) is 43.9 Å². The Morgan fingerprint density at radius 3 is 2.68 bits per heavy atom. The van der Waals surface area contributed by atoms with E-state index in [0.29, 0.717) is 0 Å². The molecule has 0 aliphatic carbocycles. The molecular weight excluding hydrogens is 429 g/mol. The molecular formula is C19H32IN3O2. The zero-order valence-electron chi connectivity index (χ0n) is 15.9. The minimum absolute atomic E-state index is 0. The third-order valence-electron chi connectivity index (χ3n) is 4.58. The summed E-state index contributed by atoms with van der Waals surface area (Å²) < 4.78 is 10.8. The molecule has 1 aliphatic rings. The number of ether oxygens (including phenoxy) is 2. The number of aliphatic imine (C=N–C) groups is 1. The minimum atomic E-state index is 0. The second kappa shape index (κ2) is 11.6. The molecule has 6 heteroatoms. The first-order valence-electron chi connectivity index (χ1n) is 8.76. The zero-order chi connectivity index (χ0) is 17.4. The van der Waals surface area contributed by atoms with Crippen molar-refractivity contribution in [2.45, 2.75) is 32.7 Å². The van der Waals surface area contributed by atoms with Gasteiger partial charge in [0.2, 0.25) is 0 Å². The summed E-state index contributed by atoms with van der Waals surface area (Å²) >= 11 is 0. The second-order valence-corrected chi connectivity index (χ2v) is 6.53. The lowest BCUT2D eigenvalue weighted by molar-refractivity contribution is 0.0625. The highest BCUT2D eigenvalue weighted by Gasteiger charge is 2.15. The molecule has 0 aromatic heterocycles. The van der Waals surface area contributed by atoms with Crippen molar-refractivity contribution in [2.24, 2.45) is 10.9 Å². The van der Waals surface area contributed by atoms with Crippen LogP contribution in [0.4, 0.5) is 0 Å². The summed E-state index contributed by atoms with van der Waals surface area (Å²) in [5.74, 6) is 2.61. The summed E-state index contributed by atoms with van der Waals surface area (Å²) in [6.07, 6.45) is 3.56. The molecule has 1 aromatic carbocycles. The fraction of sp³-hybridized carbons (Fsp3) is 0.632. The Morgan fingerprint density at radius 1 is 1.32 bits per heavy atom. The number of nitrogens with zero attached hydrogens (tertiary/aromatic N) is 2. The maximum Gasteiger partial charge on any atom is 0.193 e. The van der Waals surface area contributed by atoms with Crippen LogP contribution in [-0.4, -0.2) is 51.8 Å². The minimum Gasteiger partial charge on any atom is -0.497 e. The third kappa shape index (κ3) is 7.40. The zero-order valence-corrected chi connectivity index (χ0v) is 18.2. The van der Waals surface area contributed by atoms with Crippen molar-refractivity contribution in [3.05, 3.63) is 29.3 Å². The standard InChI is InChI=1S/C19H31N3O2.HI/c1-15-11-17(13-18(12-15)23-4)14-21-19(20-2)22(3)8-5-16-6-9-24-10-7-16;/h11-13,16H,5-10,14H2,1-4H3,(H,20,21);1H. The van der Waals surface area contributed by atoms with Gasteiger partial charge in [-0.15, -0.1) is 24.0 Å². The number of guanidine groups is 1. The molecule has 0 atom stereocenters. The summed E-state index contributed by atoms with van der Waals surface area (Å²) in [5, 5.41) is 3.45. The number of aryl methyl sites for hydroxylation is 1. The molecule has 0 spiro atoms. The van der Waals surface area contributed by atoms with Gasteiger partial charge in [0, 0.05) is 40.4 Å². The van der Waals surface area contributed by atoms with Gasteiger partial charge in [-0.05, 0) is 55.4 Å². The van der Waals surface area contributed by atoms with Gasteiger partial charge in [-0.2, -0.15) is 0 Å². The third-order valence-corrected chi connectivity index (χ3v) is 4.58. The second-order valence-electron chi connectivity index (χ2n) is 6.53. The van der Waals surface area contributed by atoms with Crippen LogP contribution in [0.3, 0.4) is 0 Å². The number of halogens is 1. The maximum atomic E-state index is 5.43. The van der Waals surface area contributed by atoms with E-state index in [1.54, 1.807) is 7.11 Å². The monoisotopic (exact) mass is 461 g/mol. The number of nitrogens with one attached hydrogen (secondary N) is 1. The van der Waals surface area contributed by atoms with Gasteiger partial charge in [-0.25, -0.2) is 0 Å². The highest BCUT2D eigenvalue weighted by Crippen LogP contribution is 2.19. The molecule has 0 saturated carbocycles. The van der Waals surface area contributed by atoms with Crippen molar-refractivity contribution in [3.63, 3.8) is 0 Å². The molecule has 0 amide bonds. The van der Waals surface area contributed by atoms with Crippen molar-refractivity contribution in [1.29, 1.82) is 0 Å². The molecule has 1 heterocycles. The Labute approximate surface area is 169 Å². The molecule has 1 aromatic rings. The lowest BCUT2D eigenvalue weighted by atomic mass is 9.96. The van der Waals surface area contributed by atoms with Crippen LogP contribution in [0, 0.1) is 12.8 Å². The predicted octanol–water partition coefficient (Wildman–Crippen LogP) is 3.45. The first kappa shape index (κ1) is 22.0. The van der Waals surface area contributed by atoms with Crippen LogP contribution in [0.25, 0.3) is 0 Å². The quantitative estimate of drug-likeness (QED) is 0.401. The summed E-state index contributed by atoms with van der Waals surface area (Å²) in [6.45, 7) is 5.67. The molecule has 142 valence electrons. The Balaban J connectivity index is 0.00000312. The van der Waals surface area contributed by atoms with Gasteiger partial charge in [0.05, 0.1) is 7.11 Å². The van der Waals surface area contributed by atoms with E-state index in [1.807, 2.05) is 13.1 Å². The largest absolute Gasteiger partial charge is 0.497 e. The van der Waals surface area contributed by atoms with E-state index in [9.17, 15) is 0 Å². The molecule has 0 unspecified atom stereocenters. The van der Waals surface area contributed by atoms with Gasteiger partial charge in [0.15, 0.2) is 5.96 Å². The maximum absolute atomic E-state index is 5.43. The molecule has 5 nitrogen and oxygen atoms in total. The Morgan fingerprint density at radius 2 is 2.04 bits per heavy atom. The topological polar surface area (TPSA) is 46.1 Å². The van der Waals surface area contributed by atoms with Gasteiger partial charge in [-0.1, -0.05) is 6.07 Å². The number of hydrogen-bond donors (Lipinski definition) is 1. The van der Waals surface area contributed by atoms with E-state index >= 15 is 0 Å². The van der Waals surface area contributed by atoms with E-state index in [1.165, 1.54) is 30.4 Å². The molecule has 0 bridgehead atoms. The van der Waals surface area contributed by atoms with Crippen LogP contribution >= 0.6 is 24.0 Å². The van der Waals surface area contributed by atoms with E-state index in [4.69, 9.17) is 9.47 Å². The van der Waals surface area contributed by atoms with Gasteiger partial charge in [0.1, 0.15) is 5.75 Å². The van der Waals surface area contributed by atoms with E-state index in [2.05, 4.69) is 41.3 Å². The molecule has 25 heavy (non-hydrogen) atoms. The van der Waals surface area contributed by atoms with Crippen molar-refractivity contribution >= 4 is 29.9 Å². The Kier molecular flexibility index (Phi) is 10.2. The number of hydrogen-bond acceptors (Lipinski definition) is 3. The number of methoxy groups -OCH3 is 1. The van der Waals surface area contributed by atoms with Crippen LogP contribution < -0.4 is 10.1 Å². The molecule has 1 aliphatic heterocycles. The summed E-state index contributed by atoms with van der Waals surface area (Å²) in [7, 11) is 5.64. The van der Waals surface area contributed by atoms with Gasteiger partial charge in [-0.3, -0.25) is 4.99 Å². The van der Waals surface area contributed by atoms with Crippen molar-refractivity contribution in [2.75, 3.05) is 41.0 Å². The van der Waals surface area contributed by atoms with E-state index < -0.39 is 0 Å². The Hall–Kier alpha value is -1.02. The first-order valence-corrected chi connectivity index (χ1v) is 8.76. The molecule has 1 N–H and O–H groups in total. The number of benzene rings is 1. The average Bonchev–Trinajstić information content (AvgIpc) is 2.60. The molecule has 2 rings (SSSR count). The van der Waals surface area contributed by atoms with Crippen molar-refractivity contribution in [1.82, 2.24) is 10.2 Å². The molecule has 1 fully saturated rings. The summed E-state index contributed by atoms with van der Waals surface area (Å²) in [4.78, 5) is 6.62. The van der Waals surface area contributed by atoms with Gasteiger partial charge < -0.3 is 19.7 Å². The van der Waals surface area contributed by atoms with Crippen LogP contribution in [0.5, 0.6) is 5.75 Å². The number of rotatable bonds is 6. The van der Waals surface area contributed by atoms with Crippen LogP contribution in [0.15, 0.2) is 23.2 Å². The fourth-order valence-corrected chi connectivity index (χ4v) is 3.13. The lowest BCUT2D eigenvalue weighted by Crippen LogP contribution is -2.39. The highest BCUT2D eigenvalue weighted by atomic mass is 127. The van der Waals surface area contributed by atoms with Crippen LogP contribution in [-0.2, 0) is 11.3 Å². The average molecular weight is 461 g/mol. The molecule has 1 saturated heterocycles. The summed E-state index contributed by atoms with van der Waals surface area (Å²) in [5.41, 5.74) is 2.40. The predicted molar refractivity (Wildman–Crippen MR) is 114 cm³/mol. The normalized spacial score (nSPS) is 15.4. The van der Waals surface area contributed by atoms with Gasteiger partial charge in [0.25, 0.3) is 0 Å². The SMILES string of the molecule is CN=C(NCc1cc(C)cc(OC)c1)N(C)CCC1CCOCC1.I.